The van der Waals surface area contributed by atoms with Crippen LogP contribution in [0.4, 0.5) is 4.39 Å². The Balaban J connectivity index is 1.86. The van der Waals surface area contributed by atoms with Crippen molar-refractivity contribution in [2.45, 2.75) is 25.4 Å². The number of carbonyl (C=O) groups is 1. The van der Waals surface area contributed by atoms with Crippen LogP contribution in [0.2, 0.25) is 5.02 Å². The highest BCUT2D eigenvalue weighted by atomic mass is 35.5. The summed E-state index contributed by atoms with van der Waals surface area (Å²) in [6.07, 6.45) is 1.61. The molecule has 3 N–H and O–H groups in total. The summed E-state index contributed by atoms with van der Waals surface area (Å²) in [5.74, 6) is -0.515. The number of hydrogen-bond acceptors (Lipinski definition) is 3. The molecule has 0 saturated carbocycles. The summed E-state index contributed by atoms with van der Waals surface area (Å²) in [5.41, 5.74) is 6.70. The Kier molecular flexibility index (Phi) is 5.34. The van der Waals surface area contributed by atoms with Gasteiger partial charge in [0.1, 0.15) is 5.82 Å². The molecular weight excluding hydrogens is 283 g/mol. The standard InChI is InChI=1S/C14H18ClFN2O2/c15-11-7-9(1-2-12(11)16)8-18-14(19)13(17)10-3-5-20-6-4-10/h1-2,7,10,13H,3-6,8,17H2,(H,18,19). The number of halogens is 2. The van der Waals surface area contributed by atoms with E-state index < -0.39 is 11.9 Å². The molecular formula is C14H18ClFN2O2. The lowest BCUT2D eigenvalue weighted by atomic mass is 9.92. The van der Waals surface area contributed by atoms with E-state index in [4.69, 9.17) is 22.1 Å². The van der Waals surface area contributed by atoms with Crippen LogP contribution in [0.15, 0.2) is 18.2 Å². The molecule has 110 valence electrons. The highest BCUT2D eigenvalue weighted by Gasteiger charge is 2.26. The van der Waals surface area contributed by atoms with Gasteiger partial charge in [-0.1, -0.05) is 17.7 Å². The van der Waals surface area contributed by atoms with Gasteiger partial charge in [-0.15, -0.1) is 0 Å². The molecule has 1 aromatic carbocycles. The molecule has 20 heavy (non-hydrogen) atoms. The van der Waals surface area contributed by atoms with Crippen molar-refractivity contribution in [3.63, 3.8) is 0 Å². The van der Waals surface area contributed by atoms with E-state index in [0.29, 0.717) is 13.2 Å². The second-order valence-corrected chi connectivity index (χ2v) is 5.35. The van der Waals surface area contributed by atoms with Crippen LogP contribution < -0.4 is 11.1 Å². The van der Waals surface area contributed by atoms with E-state index in [-0.39, 0.29) is 23.4 Å². The van der Waals surface area contributed by atoms with Crippen LogP contribution in [0, 0.1) is 11.7 Å². The average Bonchev–Trinajstić information content (AvgIpc) is 2.48. The van der Waals surface area contributed by atoms with E-state index >= 15 is 0 Å². The lowest BCUT2D eigenvalue weighted by molar-refractivity contribution is -0.124. The fraction of sp³-hybridized carbons (Fsp3) is 0.500. The van der Waals surface area contributed by atoms with Crippen LogP contribution in [0.3, 0.4) is 0 Å². The minimum atomic E-state index is -0.533. The van der Waals surface area contributed by atoms with Gasteiger partial charge in [-0.05, 0) is 36.5 Å². The number of amides is 1. The normalized spacial score (nSPS) is 17.8. The van der Waals surface area contributed by atoms with Crippen LogP contribution in [-0.4, -0.2) is 25.2 Å². The molecule has 1 aliphatic heterocycles. The van der Waals surface area contributed by atoms with Crippen LogP contribution in [0.5, 0.6) is 0 Å². The maximum absolute atomic E-state index is 13.0. The summed E-state index contributed by atoms with van der Waals surface area (Å²) < 4.78 is 18.3. The number of carbonyl (C=O) groups excluding carboxylic acids is 1. The molecule has 1 fully saturated rings. The molecule has 1 amide bonds. The Labute approximate surface area is 122 Å². The molecule has 1 aromatic rings. The van der Waals surface area contributed by atoms with E-state index in [0.717, 1.165) is 18.4 Å². The minimum absolute atomic E-state index is 0.0467. The first-order valence-corrected chi connectivity index (χ1v) is 7.00. The first-order valence-electron chi connectivity index (χ1n) is 6.63. The summed E-state index contributed by atoms with van der Waals surface area (Å²) in [6.45, 7) is 1.59. The van der Waals surface area contributed by atoms with Crippen molar-refractivity contribution >= 4 is 17.5 Å². The predicted molar refractivity (Wildman–Crippen MR) is 74.8 cm³/mol. The summed E-state index contributed by atoms with van der Waals surface area (Å²) >= 11 is 5.69. The number of nitrogens with two attached hydrogens (primary N) is 1. The molecule has 1 heterocycles. The Morgan fingerprint density at radius 2 is 2.20 bits per heavy atom. The lowest BCUT2D eigenvalue weighted by Gasteiger charge is -2.26. The molecule has 0 aromatic heterocycles. The van der Waals surface area contributed by atoms with E-state index in [2.05, 4.69) is 5.32 Å². The van der Waals surface area contributed by atoms with E-state index in [9.17, 15) is 9.18 Å². The number of rotatable bonds is 4. The van der Waals surface area contributed by atoms with Crippen molar-refractivity contribution in [2.75, 3.05) is 13.2 Å². The van der Waals surface area contributed by atoms with Gasteiger partial charge in [0.05, 0.1) is 11.1 Å². The Bertz CT molecular complexity index is 478. The van der Waals surface area contributed by atoms with Crippen molar-refractivity contribution in [2.24, 2.45) is 11.7 Å². The minimum Gasteiger partial charge on any atom is -0.381 e. The van der Waals surface area contributed by atoms with Gasteiger partial charge in [-0.2, -0.15) is 0 Å². The molecule has 0 radical (unpaired) electrons. The zero-order valence-electron chi connectivity index (χ0n) is 11.1. The van der Waals surface area contributed by atoms with E-state index in [1.807, 2.05) is 0 Å². The zero-order chi connectivity index (χ0) is 14.5. The molecule has 0 spiro atoms. The van der Waals surface area contributed by atoms with Gasteiger partial charge >= 0.3 is 0 Å². The Morgan fingerprint density at radius 1 is 1.50 bits per heavy atom. The monoisotopic (exact) mass is 300 g/mol. The summed E-state index contributed by atoms with van der Waals surface area (Å²) in [7, 11) is 0. The Morgan fingerprint density at radius 3 is 2.85 bits per heavy atom. The molecule has 0 aliphatic carbocycles. The third-order valence-corrected chi connectivity index (χ3v) is 3.82. The third kappa shape index (κ3) is 3.91. The summed E-state index contributed by atoms with van der Waals surface area (Å²) in [4.78, 5) is 12.0. The molecule has 0 bridgehead atoms. The fourth-order valence-electron chi connectivity index (χ4n) is 2.25. The highest BCUT2D eigenvalue weighted by Crippen LogP contribution is 2.18. The smallest absolute Gasteiger partial charge is 0.237 e. The van der Waals surface area contributed by atoms with Crippen molar-refractivity contribution < 1.29 is 13.9 Å². The van der Waals surface area contributed by atoms with Crippen LogP contribution in [-0.2, 0) is 16.1 Å². The van der Waals surface area contributed by atoms with Crippen LogP contribution in [0.25, 0.3) is 0 Å². The van der Waals surface area contributed by atoms with Gasteiger partial charge in [0, 0.05) is 19.8 Å². The van der Waals surface area contributed by atoms with Gasteiger partial charge in [0.25, 0.3) is 0 Å². The van der Waals surface area contributed by atoms with E-state index in [1.54, 1.807) is 6.07 Å². The second kappa shape index (κ2) is 7.02. The van der Waals surface area contributed by atoms with Crippen molar-refractivity contribution in [3.8, 4) is 0 Å². The first kappa shape index (κ1) is 15.2. The fourth-order valence-corrected chi connectivity index (χ4v) is 2.45. The molecule has 1 unspecified atom stereocenters. The number of hydrogen-bond donors (Lipinski definition) is 2. The quantitative estimate of drug-likeness (QED) is 0.892. The van der Waals surface area contributed by atoms with E-state index in [1.165, 1.54) is 12.1 Å². The average molecular weight is 301 g/mol. The Hall–Kier alpha value is -1.17. The summed E-state index contributed by atoms with van der Waals surface area (Å²) in [6, 6.07) is 3.83. The van der Waals surface area contributed by atoms with Crippen molar-refractivity contribution in [3.05, 3.63) is 34.6 Å². The maximum atomic E-state index is 13.0. The number of nitrogens with one attached hydrogen (secondary N) is 1. The van der Waals surface area contributed by atoms with Crippen molar-refractivity contribution in [1.29, 1.82) is 0 Å². The van der Waals surface area contributed by atoms with Gasteiger partial charge < -0.3 is 15.8 Å². The molecule has 1 aliphatic rings. The second-order valence-electron chi connectivity index (χ2n) is 4.94. The van der Waals surface area contributed by atoms with Gasteiger partial charge in [0.15, 0.2) is 0 Å². The van der Waals surface area contributed by atoms with Crippen LogP contribution in [0.1, 0.15) is 18.4 Å². The van der Waals surface area contributed by atoms with Crippen LogP contribution >= 0.6 is 11.6 Å². The molecule has 4 nitrogen and oxygen atoms in total. The molecule has 1 atom stereocenters. The maximum Gasteiger partial charge on any atom is 0.237 e. The highest BCUT2D eigenvalue weighted by molar-refractivity contribution is 6.30. The first-order chi connectivity index (χ1) is 9.58. The van der Waals surface area contributed by atoms with Gasteiger partial charge in [-0.25, -0.2) is 4.39 Å². The molecule has 2 rings (SSSR count). The predicted octanol–water partition coefficient (Wildman–Crippen LogP) is 1.85. The van der Waals surface area contributed by atoms with Gasteiger partial charge in [0.2, 0.25) is 5.91 Å². The molecule has 6 heteroatoms. The molecule has 1 saturated heterocycles. The number of benzene rings is 1. The zero-order valence-corrected chi connectivity index (χ0v) is 11.8. The van der Waals surface area contributed by atoms with Crippen molar-refractivity contribution in [1.82, 2.24) is 5.32 Å². The van der Waals surface area contributed by atoms with Gasteiger partial charge in [-0.3, -0.25) is 4.79 Å². The largest absolute Gasteiger partial charge is 0.381 e. The third-order valence-electron chi connectivity index (χ3n) is 3.53. The summed E-state index contributed by atoms with van der Waals surface area (Å²) in [5, 5.41) is 2.80. The number of ether oxygens (including phenoxy) is 1. The topological polar surface area (TPSA) is 64.4 Å². The lowest BCUT2D eigenvalue weighted by Crippen LogP contribution is -2.46. The SMILES string of the molecule is NC(C(=O)NCc1ccc(F)c(Cl)c1)C1CCOCC1.